The molecular weight excluding hydrogens is 278 g/mol. The largest absolute Gasteiger partial charge is 0.267 e. The Morgan fingerprint density at radius 3 is 2.86 bits per heavy atom. The van der Waals surface area contributed by atoms with Crippen LogP contribution in [0.2, 0.25) is 0 Å². The third-order valence-corrected chi connectivity index (χ3v) is 4.68. The molecule has 4 rings (SSSR count). The standard InChI is InChI=1S/C17H15N3S/c1-12-7-8-15-16-14(11-21-17(15)18-12)10-20(19-16)9-13-5-3-2-4-6-13/h2-8,10H,9,11H2,1H3. The Labute approximate surface area is 128 Å². The summed E-state index contributed by atoms with van der Waals surface area (Å²) in [5.74, 6) is 0.952. The number of fused-ring (bicyclic) bond motifs is 3. The molecule has 3 aromatic rings. The number of aromatic nitrogens is 3. The van der Waals surface area contributed by atoms with Gasteiger partial charge in [-0.3, -0.25) is 4.68 Å². The van der Waals surface area contributed by atoms with Gasteiger partial charge >= 0.3 is 0 Å². The molecule has 0 N–H and O–H groups in total. The Morgan fingerprint density at radius 2 is 2.00 bits per heavy atom. The number of pyridine rings is 1. The fraction of sp³-hybridized carbons (Fsp3) is 0.176. The molecule has 1 aliphatic rings. The predicted molar refractivity (Wildman–Crippen MR) is 85.3 cm³/mol. The molecule has 0 atom stereocenters. The topological polar surface area (TPSA) is 30.7 Å². The van der Waals surface area contributed by atoms with Crippen LogP contribution in [0.15, 0.2) is 53.7 Å². The molecule has 0 spiro atoms. The zero-order valence-corrected chi connectivity index (χ0v) is 12.6. The number of hydrogen-bond acceptors (Lipinski definition) is 3. The fourth-order valence-electron chi connectivity index (χ4n) is 2.62. The Kier molecular flexibility index (Phi) is 3.04. The van der Waals surface area contributed by atoms with Gasteiger partial charge in [0.15, 0.2) is 0 Å². The van der Waals surface area contributed by atoms with Gasteiger partial charge in [-0.2, -0.15) is 5.10 Å². The minimum absolute atomic E-state index is 0.813. The van der Waals surface area contributed by atoms with Gasteiger partial charge in [0.05, 0.1) is 12.2 Å². The molecule has 1 aliphatic heterocycles. The van der Waals surface area contributed by atoms with E-state index in [1.165, 1.54) is 16.7 Å². The fourth-order valence-corrected chi connectivity index (χ4v) is 3.65. The molecule has 0 saturated carbocycles. The molecular formula is C17H15N3S. The first-order chi connectivity index (χ1) is 10.3. The summed E-state index contributed by atoms with van der Waals surface area (Å²) < 4.78 is 2.04. The molecule has 0 aliphatic carbocycles. The van der Waals surface area contributed by atoms with Crippen LogP contribution >= 0.6 is 11.8 Å². The smallest absolute Gasteiger partial charge is 0.106 e. The first-order valence-corrected chi connectivity index (χ1v) is 7.99. The zero-order chi connectivity index (χ0) is 14.2. The summed E-state index contributed by atoms with van der Waals surface area (Å²) in [7, 11) is 0. The Bertz CT molecular complexity index is 793. The number of aryl methyl sites for hydroxylation is 1. The molecule has 2 aromatic heterocycles. The zero-order valence-electron chi connectivity index (χ0n) is 11.8. The summed E-state index contributed by atoms with van der Waals surface area (Å²) in [5.41, 5.74) is 5.89. The number of thioether (sulfide) groups is 1. The van der Waals surface area contributed by atoms with Crippen molar-refractivity contribution in [1.82, 2.24) is 14.8 Å². The third kappa shape index (κ3) is 2.36. The van der Waals surface area contributed by atoms with Gasteiger partial charge in [0.2, 0.25) is 0 Å². The van der Waals surface area contributed by atoms with Crippen LogP contribution in [0.5, 0.6) is 0 Å². The first kappa shape index (κ1) is 12.7. The molecule has 0 unspecified atom stereocenters. The highest BCUT2D eigenvalue weighted by Gasteiger charge is 2.21. The van der Waals surface area contributed by atoms with Crippen LogP contribution in [-0.4, -0.2) is 14.8 Å². The van der Waals surface area contributed by atoms with Gasteiger partial charge in [-0.15, -0.1) is 11.8 Å². The van der Waals surface area contributed by atoms with Gasteiger partial charge < -0.3 is 0 Å². The van der Waals surface area contributed by atoms with E-state index in [4.69, 9.17) is 5.10 Å². The lowest BCUT2D eigenvalue weighted by Gasteiger charge is -2.13. The van der Waals surface area contributed by atoms with E-state index in [2.05, 4.69) is 47.6 Å². The van der Waals surface area contributed by atoms with Crippen LogP contribution in [0, 0.1) is 6.92 Å². The van der Waals surface area contributed by atoms with Gasteiger partial charge in [-0.1, -0.05) is 30.3 Å². The van der Waals surface area contributed by atoms with Gasteiger partial charge in [0.25, 0.3) is 0 Å². The van der Waals surface area contributed by atoms with Crippen molar-refractivity contribution in [3.63, 3.8) is 0 Å². The summed E-state index contributed by atoms with van der Waals surface area (Å²) in [6.07, 6.45) is 2.16. The van der Waals surface area contributed by atoms with Gasteiger partial charge in [-0.05, 0) is 24.6 Å². The normalized spacial score (nSPS) is 12.8. The summed E-state index contributed by atoms with van der Waals surface area (Å²) in [4.78, 5) is 4.62. The van der Waals surface area contributed by atoms with Crippen molar-refractivity contribution >= 4 is 11.8 Å². The maximum absolute atomic E-state index is 4.78. The Hall–Kier alpha value is -2.07. The minimum atomic E-state index is 0.813. The summed E-state index contributed by atoms with van der Waals surface area (Å²) in [6, 6.07) is 14.6. The maximum Gasteiger partial charge on any atom is 0.106 e. The molecule has 4 heteroatoms. The average Bonchev–Trinajstić information content (AvgIpc) is 2.90. The van der Waals surface area contributed by atoms with Crippen LogP contribution in [0.3, 0.4) is 0 Å². The lowest BCUT2D eigenvalue weighted by molar-refractivity contribution is 0.688. The molecule has 0 radical (unpaired) electrons. The third-order valence-electron chi connectivity index (χ3n) is 3.64. The van der Waals surface area contributed by atoms with Gasteiger partial charge in [0, 0.05) is 28.8 Å². The molecule has 104 valence electrons. The lowest BCUT2D eigenvalue weighted by atomic mass is 10.1. The lowest BCUT2D eigenvalue weighted by Crippen LogP contribution is -2.00. The van der Waals surface area contributed by atoms with Crippen LogP contribution in [-0.2, 0) is 12.3 Å². The van der Waals surface area contributed by atoms with Crippen LogP contribution in [0.4, 0.5) is 0 Å². The van der Waals surface area contributed by atoms with E-state index in [-0.39, 0.29) is 0 Å². The van der Waals surface area contributed by atoms with Crippen LogP contribution in [0.1, 0.15) is 16.8 Å². The molecule has 0 amide bonds. The van der Waals surface area contributed by atoms with Crippen LogP contribution < -0.4 is 0 Å². The molecule has 1 aromatic carbocycles. The minimum Gasteiger partial charge on any atom is -0.267 e. The predicted octanol–water partition coefficient (Wildman–Crippen LogP) is 3.91. The quantitative estimate of drug-likeness (QED) is 0.718. The van der Waals surface area contributed by atoms with E-state index in [0.29, 0.717) is 0 Å². The van der Waals surface area contributed by atoms with Crippen LogP contribution in [0.25, 0.3) is 11.3 Å². The van der Waals surface area contributed by atoms with E-state index < -0.39 is 0 Å². The molecule has 21 heavy (non-hydrogen) atoms. The van der Waals surface area contributed by atoms with Crippen molar-refractivity contribution in [2.75, 3.05) is 0 Å². The summed E-state index contributed by atoms with van der Waals surface area (Å²) in [6.45, 7) is 2.84. The number of nitrogens with zero attached hydrogens (tertiary/aromatic N) is 3. The molecule has 0 fully saturated rings. The second kappa shape index (κ2) is 5.04. The van der Waals surface area contributed by atoms with Gasteiger partial charge in [0.1, 0.15) is 5.03 Å². The van der Waals surface area contributed by atoms with E-state index in [0.717, 1.165) is 28.7 Å². The number of hydrogen-bond donors (Lipinski definition) is 0. The second-order valence-corrected chi connectivity index (χ2v) is 6.24. The van der Waals surface area contributed by atoms with Crippen molar-refractivity contribution in [1.29, 1.82) is 0 Å². The Balaban J connectivity index is 1.72. The van der Waals surface area contributed by atoms with Crippen molar-refractivity contribution in [2.45, 2.75) is 24.2 Å². The monoisotopic (exact) mass is 293 g/mol. The SMILES string of the molecule is Cc1ccc2c(n1)SCc1cn(Cc3ccccc3)nc1-2. The van der Waals surface area contributed by atoms with E-state index in [9.17, 15) is 0 Å². The molecule has 3 heterocycles. The first-order valence-electron chi connectivity index (χ1n) is 7.01. The van der Waals surface area contributed by atoms with Crippen molar-refractivity contribution in [2.24, 2.45) is 0 Å². The van der Waals surface area contributed by atoms with Crippen molar-refractivity contribution in [3.05, 3.63) is 65.5 Å². The van der Waals surface area contributed by atoms with Gasteiger partial charge in [-0.25, -0.2) is 4.98 Å². The average molecular weight is 293 g/mol. The highest BCUT2D eigenvalue weighted by Crippen LogP contribution is 2.39. The Morgan fingerprint density at radius 1 is 1.14 bits per heavy atom. The number of benzene rings is 1. The number of rotatable bonds is 2. The maximum atomic E-state index is 4.78. The summed E-state index contributed by atoms with van der Waals surface area (Å²) in [5, 5.41) is 5.88. The molecule has 3 nitrogen and oxygen atoms in total. The highest BCUT2D eigenvalue weighted by molar-refractivity contribution is 7.98. The van der Waals surface area contributed by atoms with Crippen molar-refractivity contribution in [3.8, 4) is 11.3 Å². The van der Waals surface area contributed by atoms with E-state index in [1.807, 2.05) is 17.7 Å². The molecule has 0 bridgehead atoms. The summed E-state index contributed by atoms with van der Waals surface area (Å²) >= 11 is 1.80. The van der Waals surface area contributed by atoms with Crippen molar-refractivity contribution < 1.29 is 0 Å². The molecule has 0 saturated heterocycles. The second-order valence-electron chi connectivity index (χ2n) is 5.28. The van der Waals surface area contributed by atoms with E-state index >= 15 is 0 Å². The highest BCUT2D eigenvalue weighted by atomic mass is 32.2. The van der Waals surface area contributed by atoms with E-state index in [1.54, 1.807) is 11.8 Å².